The van der Waals surface area contributed by atoms with Gasteiger partial charge in [-0.3, -0.25) is 0 Å². The van der Waals surface area contributed by atoms with Crippen LogP contribution in [0.4, 0.5) is 5.82 Å². The van der Waals surface area contributed by atoms with Crippen molar-refractivity contribution in [2.24, 2.45) is 0 Å². The molecular weight excluding hydrogens is 242 g/mol. The lowest BCUT2D eigenvalue weighted by Crippen LogP contribution is -1.99. The van der Waals surface area contributed by atoms with E-state index < -0.39 is 0 Å². The van der Waals surface area contributed by atoms with Gasteiger partial charge in [0.05, 0.1) is 18.9 Å². The molecule has 0 radical (unpaired) electrons. The third kappa shape index (κ3) is 3.13. The molecule has 0 aliphatic heterocycles. The van der Waals surface area contributed by atoms with Crippen molar-refractivity contribution in [1.29, 1.82) is 0 Å². The van der Waals surface area contributed by atoms with E-state index >= 15 is 0 Å². The standard InChI is InChI=1S/C14H17N3O2/c1-3-18-12-6-5-10(7-13(12)19-4-2)11-8-14(15)17-9-16-11/h5-9H,3-4H2,1-2H3,(H2,15,16,17). The van der Waals surface area contributed by atoms with E-state index in [9.17, 15) is 0 Å². The Labute approximate surface area is 112 Å². The number of rotatable bonds is 5. The number of aromatic nitrogens is 2. The molecule has 0 unspecified atom stereocenters. The number of ether oxygens (including phenoxy) is 2. The number of nitrogen functional groups attached to an aromatic ring is 1. The van der Waals surface area contributed by atoms with Crippen molar-refractivity contribution in [3.63, 3.8) is 0 Å². The molecule has 0 saturated heterocycles. The molecule has 0 aliphatic rings. The molecule has 19 heavy (non-hydrogen) atoms. The van der Waals surface area contributed by atoms with Crippen molar-refractivity contribution in [1.82, 2.24) is 9.97 Å². The van der Waals surface area contributed by atoms with Crippen molar-refractivity contribution in [2.45, 2.75) is 13.8 Å². The summed E-state index contributed by atoms with van der Waals surface area (Å²) in [6, 6.07) is 7.43. The van der Waals surface area contributed by atoms with E-state index in [-0.39, 0.29) is 0 Å². The first kappa shape index (κ1) is 13.1. The molecule has 1 aromatic carbocycles. The van der Waals surface area contributed by atoms with E-state index in [0.29, 0.717) is 24.8 Å². The molecule has 1 aromatic heterocycles. The lowest BCUT2D eigenvalue weighted by Gasteiger charge is -2.12. The third-order valence-electron chi connectivity index (χ3n) is 2.53. The van der Waals surface area contributed by atoms with Gasteiger partial charge >= 0.3 is 0 Å². The minimum atomic E-state index is 0.442. The van der Waals surface area contributed by atoms with Crippen LogP contribution in [0.25, 0.3) is 11.3 Å². The molecule has 5 heteroatoms. The maximum atomic E-state index is 5.66. The fourth-order valence-corrected chi connectivity index (χ4v) is 1.74. The highest BCUT2D eigenvalue weighted by molar-refractivity contribution is 5.65. The summed E-state index contributed by atoms with van der Waals surface area (Å²) >= 11 is 0. The number of anilines is 1. The van der Waals surface area contributed by atoms with Crippen LogP contribution < -0.4 is 15.2 Å². The van der Waals surface area contributed by atoms with Gasteiger partial charge in [-0.1, -0.05) is 0 Å². The van der Waals surface area contributed by atoms with Gasteiger partial charge in [-0.15, -0.1) is 0 Å². The fourth-order valence-electron chi connectivity index (χ4n) is 1.74. The average molecular weight is 259 g/mol. The Balaban J connectivity index is 2.39. The van der Waals surface area contributed by atoms with Crippen LogP contribution >= 0.6 is 0 Å². The zero-order valence-corrected chi connectivity index (χ0v) is 11.1. The molecule has 0 amide bonds. The third-order valence-corrected chi connectivity index (χ3v) is 2.53. The average Bonchev–Trinajstić information content (AvgIpc) is 2.41. The van der Waals surface area contributed by atoms with Crippen LogP contribution in [-0.2, 0) is 0 Å². The first-order chi connectivity index (χ1) is 9.24. The molecule has 2 N–H and O–H groups in total. The predicted octanol–water partition coefficient (Wildman–Crippen LogP) is 2.52. The second-order valence-electron chi connectivity index (χ2n) is 3.86. The Hall–Kier alpha value is -2.30. The number of hydrogen-bond acceptors (Lipinski definition) is 5. The highest BCUT2D eigenvalue weighted by Crippen LogP contribution is 2.32. The summed E-state index contributed by atoms with van der Waals surface area (Å²) in [6.07, 6.45) is 1.45. The monoisotopic (exact) mass is 259 g/mol. The van der Waals surface area contributed by atoms with Crippen LogP contribution in [0, 0.1) is 0 Å². The van der Waals surface area contributed by atoms with E-state index in [1.165, 1.54) is 6.33 Å². The number of hydrogen-bond donors (Lipinski definition) is 1. The van der Waals surface area contributed by atoms with Gasteiger partial charge in [-0.25, -0.2) is 9.97 Å². The summed E-state index contributed by atoms with van der Waals surface area (Å²) < 4.78 is 11.1. The van der Waals surface area contributed by atoms with Gasteiger partial charge in [0.25, 0.3) is 0 Å². The summed E-state index contributed by atoms with van der Waals surface area (Å²) in [7, 11) is 0. The highest BCUT2D eigenvalue weighted by atomic mass is 16.5. The number of nitrogens with two attached hydrogens (primary N) is 1. The van der Waals surface area contributed by atoms with Crippen LogP contribution in [0.3, 0.4) is 0 Å². The first-order valence-corrected chi connectivity index (χ1v) is 6.22. The zero-order valence-electron chi connectivity index (χ0n) is 11.1. The molecule has 0 bridgehead atoms. The normalized spacial score (nSPS) is 10.2. The lowest BCUT2D eigenvalue weighted by molar-refractivity contribution is 0.288. The molecule has 1 heterocycles. The second-order valence-corrected chi connectivity index (χ2v) is 3.86. The molecule has 5 nitrogen and oxygen atoms in total. The summed E-state index contributed by atoms with van der Waals surface area (Å²) in [5, 5.41) is 0. The molecule has 2 aromatic rings. The SMILES string of the molecule is CCOc1ccc(-c2cc(N)ncn2)cc1OCC. The van der Waals surface area contributed by atoms with E-state index in [2.05, 4.69) is 9.97 Å². The number of nitrogens with zero attached hydrogens (tertiary/aromatic N) is 2. The van der Waals surface area contributed by atoms with Gasteiger partial charge < -0.3 is 15.2 Å². The maximum absolute atomic E-state index is 5.66. The van der Waals surface area contributed by atoms with Crippen LogP contribution in [0.1, 0.15) is 13.8 Å². The Morgan fingerprint density at radius 3 is 2.42 bits per heavy atom. The van der Waals surface area contributed by atoms with Gasteiger partial charge in [0, 0.05) is 11.6 Å². The number of benzene rings is 1. The minimum absolute atomic E-state index is 0.442. The van der Waals surface area contributed by atoms with Crippen LogP contribution in [0.5, 0.6) is 11.5 Å². The largest absolute Gasteiger partial charge is 0.490 e. The summed E-state index contributed by atoms with van der Waals surface area (Å²) in [4.78, 5) is 8.08. The van der Waals surface area contributed by atoms with Crippen molar-refractivity contribution >= 4 is 5.82 Å². The van der Waals surface area contributed by atoms with Crippen molar-refractivity contribution in [3.05, 3.63) is 30.6 Å². The summed E-state index contributed by atoms with van der Waals surface area (Å²) in [5.74, 6) is 1.88. The van der Waals surface area contributed by atoms with Gasteiger partial charge in [0.1, 0.15) is 12.1 Å². The lowest BCUT2D eigenvalue weighted by atomic mass is 10.1. The fraction of sp³-hybridized carbons (Fsp3) is 0.286. The van der Waals surface area contributed by atoms with Crippen LogP contribution in [0.2, 0.25) is 0 Å². The topological polar surface area (TPSA) is 70.3 Å². The quantitative estimate of drug-likeness (QED) is 0.893. The zero-order chi connectivity index (χ0) is 13.7. The maximum Gasteiger partial charge on any atom is 0.161 e. The predicted molar refractivity (Wildman–Crippen MR) is 74.2 cm³/mol. The summed E-state index contributed by atoms with van der Waals surface area (Å²) in [6.45, 7) is 5.05. The van der Waals surface area contributed by atoms with Crippen molar-refractivity contribution in [2.75, 3.05) is 18.9 Å². The molecular formula is C14H17N3O2. The molecule has 100 valence electrons. The Morgan fingerprint density at radius 2 is 1.74 bits per heavy atom. The van der Waals surface area contributed by atoms with E-state index in [1.807, 2.05) is 32.0 Å². The molecule has 0 atom stereocenters. The molecule has 0 aliphatic carbocycles. The highest BCUT2D eigenvalue weighted by Gasteiger charge is 2.08. The van der Waals surface area contributed by atoms with Gasteiger partial charge in [0.15, 0.2) is 11.5 Å². The van der Waals surface area contributed by atoms with E-state index in [4.69, 9.17) is 15.2 Å². The Morgan fingerprint density at radius 1 is 1.00 bits per heavy atom. The van der Waals surface area contributed by atoms with Crippen LogP contribution in [-0.4, -0.2) is 23.2 Å². The van der Waals surface area contributed by atoms with Gasteiger partial charge in [-0.2, -0.15) is 0 Å². The first-order valence-electron chi connectivity index (χ1n) is 6.22. The Kier molecular flexibility index (Phi) is 4.18. The minimum Gasteiger partial charge on any atom is -0.490 e. The Bertz CT molecular complexity index is 558. The summed E-state index contributed by atoms with van der Waals surface area (Å²) in [5.41, 5.74) is 7.34. The van der Waals surface area contributed by atoms with E-state index in [1.54, 1.807) is 6.07 Å². The smallest absolute Gasteiger partial charge is 0.161 e. The van der Waals surface area contributed by atoms with E-state index in [0.717, 1.165) is 17.0 Å². The van der Waals surface area contributed by atoms with Gasteiger partial charge in [-0.05, 0) is 32.0 Å². The molecule has 0 fully saturated rings. The van der Waals surface area contributed by atoms with Gasteiger partial charge in [0.2, 0.25) is 0 Å². The van der Waals surface area contributed by atoms with Crippen molar-refractivity contribution in [3.8, 4) is 22.8 Å². The van der Waals surface area contributed by atoms with Crippen LogP contribution in [0.15, 0.2) is 30.6 Å². The molecule has 2 rings (SSSR count). The molecule has 0 saturated carbocycles. The second kappa shape index (κ2) is 6.04. The van der Waals surface area contributed by atoms with Crippen molar-refractivity contribution < 1.29 is 9.47 Å². The molecule has 0 spiro atoms.